The van der Waals surface area contributed by atoms with Crippen molar-refractivity contribution in [3.8, 4) is 17.9 Å². The van der Waals surface area contributed by atoms with Gasteiger partial charge in [0, 0.05) is 30.4 Å². The molecule has 0 radical (unpaired) electrons. The van der Waals surface area contributed by atoms with Crippen LogP contribution in [-0.2, 0) is 0 Å². The van der Waals surface area contributed by atoms with Crippen LogP contribution in [0.15, 0.2) is 23.8 Å². The molecular weight excluding hydrogens is 286 g/mol. The van der Waals surface area contributed by atoms with E-state index >= 15 is 0 Å². The summed E-state index contributed by atoms with van der Waals surface area (Å²) in [6.45, 7) is 10.7. The fourth-order valence-corrected chi connectivity index (χ4v) is 2.43. The van der Waals surface area contributed by atoms with Crippen molar-refractivity contribution in [3.63, 3.8) is 0 Å². The predicted molar refractivity (Wildman–Crippen MR) is 94.1 cm³/mol. The molecule has 0 amide bonds. The zero-order valence-corrected chi connectivity index (χ0v) is 14.6. The van der Waals surface area contributed by atoms with Crippen molar-refractivity contribution in [1.82, 2.24) is 0 Å². The Morgan fingerprint density at radius 2 is 1.70 bits per heavy atom. The summed E-state index contributed by atoms with van der Waals surface area (Å²) in [5, 5.41) is 17.8. The van der Waals surface area contributed by atoms with Crippen LogP contribution in [0.25, 0.3) is 6.08 Å². The van der Waals surface area contributed by atoms with Crippen LogP contribution in [0.3, 0.4) is 0 Å². The number of nitrogens with zero attached hydrogens (tertiary/aromatic N) is 3. The van der Waals surface area contributed by atoms with Gasteiger partial charge in [-0.3, -0.25) is 0 Å². The third-order valence-electron chi connectivity index (χ3n) is 3.29. The summed E-state index contributed by atoms with van der Waals surface area (Å²) in [6, 6.07) is 9.64. The summed E-state index contributed by atoms with van der Waals surface area (Å²) in [5.74, 6) is 1.79. The molecule has 4 heteroatoms. The zero-order chi connectivity index (χ0) is 17.4. The van der Waals surface area contributed by atoms with E-state index in [-0.39, 0.29) is 5.57 Å². The third-order valence-corrected chi connectivity index (χ3v) is 3.29. The molecule has 0 heterocycles. The summed E-state index contributed by atoms with van der Waals surface area (Å²) in [6.07, 6.45) is 1.55. The quantitative estimate of drug-likeness (QED) is 0.706. The van der Waals surface area contributed by atoms with Crippen molar-refractivity contribution in [3.05, 3.63) is 29.3 Å². The molecular formula is C19H25N3O. The molecule has 0 aliphatic rings. The van der Waals surface area contributed by atoms with Gasteiger partial charge in [-0.25, -0.2) is 0 Å². The molecule has 0 saturated carbocycles. The molecule has 0 fully saturated rings. The molecule has 0 bridgehead atoms. The monoisotopic (exact) mass is 311 g/mol. The Bertz CT molecular complexity index is 607. The maximum atomic E-state index is 8.90. The lowest BCUT2D eigenvalue weighted by molar-refractivity contribution is 0.413. The minimum Gasteiger partial charge on any atom is -0.496 e. The minimum atomic E-state index is 0.0669. The second-order valence-electron chi connectivity index (χ2n) is 6.40. The van der Waals surface area contributed by atoms with E-state index in [4.69, 9.17) is 15.3 Å². The summed E-state index contributed by atoms with van der Waals surface area (Å²) in [7, 11) is 1.60. The van der Waals surface area contributed by atoms with Crippen LogP contribution >= 0.6 is 0 Å². The van der Waals surface area contributed by atoms with Crippen molar-refractivity contribution in [2.45, 2.75) is 27.7 Å². The number of ether oxygens (including phenoxy) is 1. The Labute approximate surface area is 139 Å². The number of hydrogen-bond donors (Lipinski definition) is 0. The molecule has 4 nitrogen and oxygen atoms in total. The van der Waals surface area contributed by atoms with Gasteiger partial charge < -0.3 is 9.64 Å². The average molecular weight is 311 g/mol. The van der Waals surface area contributed by atoms with Crippen molar-refractivity contribution < 1.29 is 4.74 Å². The summed E-state index contributed by atoms with van der Waals surface area (Å²) >= 11 is 0. The van der Waals surface area contributed by atoms with Crippen LogP contribution in [0, 0.1) is 34.5 Å². The van der Waals surface area contributed by atoms with Gasteiger partial charge in [0.05, 0.1) is 7.11 Å². The first-order valence-electron chi connectivity index (χ1n) is 7.86. The van der Waals surface area contributed by atoms with Gasteiger partial charge in [-0.15, -0.1) is 0 Å². The lowest BCUT2D eigenvalue weighted by Gasteiger charge is -2.29. The van der Waals surface area contributed by atoms with Crippen molar-refractivity contribution in [2.75, 3.05) is 25.1 Å². The van der Waals surface area contributed by atoms with E-state index in [2.05, 4.69) is 32.6 Å². The molecule has 0 aliphatic carbocycles. The molecule has 0 unspecified atom stereocenters. The van der Waals surface area contributed by atoms with Crippen molar-refractivity contribution in [2.24, 2.45) is 11.8 Å². The number of rotatable bonds is 7. The second-order valence-corrected chi connectivity index (χ2v) is 6.40. The fraction of sp³-hybridized carbons (Fsp3) is 0.474. The molecule has 0 spiro atoms. The first kappa shape index (κ1) is 18.6. The number of methoxy groups -OCH3 is 1. The summed E-state index contributed by atoms with van der Waals surface area (Å²) < 4.78 is 5.45. The highest BCUT2D eigenvalue weighted by Crippen LogP contribution is 2.28. The van der Waals surface area contributed by atoms with E-state index in [0.717, 1.165) is 24.3 Å². The normalized spacial score (nSPS) is 10.1. The van der Waals surface area contributed by atoms with E-state index in [0.29, 0.717) is 17.6 Å². The number of benzene rings is 1. The highest BCUT2D eigenvalue weighted by molar-refractivity contribution is 5.69. The minimum absolute atomic E-state index is 0.0669. The van der Waals surface area contributed by atoms with Crippen molar-refractivity contribution >= 4 is 11.8 Å². The highest BCUT2D eigenvalue weighted by Gasteiger charge is 2.13. The average Bonchev–Trinajstić information content (AvgIpc) is 2.51. The van der Waals surface area contributed by atoms with Gasteiger partial charge in [0.25, 0.3) is 0 Å². The van der Waals surface area contributed by atoms with Gasteiger partial charge in [-0.1, -0.05) is 27.7 Å². The van der Waals surface area contributed by atoms with Gasteiger partial charge in [0.15, 0.2) is 0 Å². The molecule has 0 N–H and O–H groups in total. The van der Waals surface area contributed by atoms with E-state index in [1.165, 1.54) is 0 Å². The Morgan fingerprint density at radius 3 is 2.13 bits per heavy atom. The van der Waals surface area contributed by atoms with Gasteiger partial charge in [0.1, 0.15) is 23.5 Å². The standard InChI is InChI=1S/C19H25N3O/c1-14(2)12-22(13-15(3)4)18-7-6-17(19(9-18)23-5)8-16(10-20)11-21/h6-9,14-15H,12-13H2,1-5H3. The van der Waals surface area contributed by atoms with Gasteiger partial charge in [-0.05, 0) is 30.0 Å². The maximum Gasteiger partial charge on any atom is 0.130 e. The van der Waals surface area contributed by atoms with Crippen LogP contribution in [0.5, 0.6) is 5.75 Å². The first-order valence-corrected chi connectivity index (χ1v) is 7.86. The van der Waals surface area contributed by atoms with Gasteiger partial charge in [-0.2, -0.15) is 10.5 Å². The second kappa shape index (κ2) is 8.86. The summed E-state index contributed by atoms with van der Waals surface area (Å²) in [5.41, 5.74) is 1.90. The van der Waals surface area contributed by atoms with E-state index in [9.17, 15) is 0 Å². The Kier molecular flexibility index (Phi) is 7.16. The van der Waals surface area contributed by atoms with E-state index in [1.807, 2.05) is 30.3 Å². The largest absolute Gasteiger partial charge is 0.496 e. The fourth-order valence-electron chi connectivity index (χ4n) is 2.43. The lowest BCUT2D eigenvalue weighted by Crippen LogP contribution is -2.31. The molecule has 1 aromatic carbocycles. The first-order chi connectivity index (χ1) is 10.9. The van der Waals surface area contributed by atoms with Crippen molar-refractivity contribution in [1.29, 1.82) is 10.5 Å². The number of nitriles is 2. The SMILES string of the molecule is COc1cc(N(CC(C)C)CC(C)C)ccc1C=C(C#N)C#N. The topological polar surface area (TPSA) is 60.0 Å². The molecule has 0 aromatic heterocycles. The van der Waals surface area contributed by atoms with E-state index < -0.39 is 0 Å². The molecule has 1 rings (SSSR count). The van der Waals surface area contributed by atoms with E-state index in [1.54, 1.807) is 13.2 Å². The smallest absolute Gasteiger partial charge is 0.130 e. The van der Waals surface area contributed by atoms with Gasteiger partial charge in [0.2, 0.25) is 0 Å². The Hall–Kier alpha value is -2.46. The molecule has 122 valence electrons. The third kappa shape index (κ3) is 5.68. The number of anilines is 1. The Balaban J connectivity index is 3.21. The zero-order valence-electron chi connectivity index (χ0n) is 14.6. The molecule has 0 saturated heterocycles. The molecule has 1 aromatic rings. The molecule has 23 heavy (non-hydrogen) atoms. The lowest BCUT2D eigenvalue weighted by atomic mass is 10.1. The Morgan fingerprint density at radius 1 is 1.13 bits per heavy atom. The van der Waals surface area contributed by atoms with Crippen LogP contribution < -0.4 is 9.64 Å². The number of hydrogen-bond acceptors (Lipinski definition) is 4. The van der Waals surface area contributed by atoms with Crippen LogP contribution in [0.1, 0.15) is 33.3 Å². The van der Waals surface area contributed by atoms with Gasteiger partial charge >= 0.3 is 0 Å². The maximum absolute atomic E-state index is 8.90. The van der Waals surface area contributed by atoms with Crippen LogP contribution in [-0.4, -0.2) is 20.2 Å². The van der Waals surface area contributed by atoms with Crippen LogP contribution in [0.4, 0.5) is 5.69 Å². The molecule has 0 atom stereocenters. The highest BCUT2D eigenvalue weighted by atomic mass is 16.5. The van der Waals surface area contributed by atoms with Crippen LogP contribution in [0.2, 0.25) is 0 Å². The summed E-state index contributed by atoms with van der Waals surface area (Å²) in [4.78, 5) is 2.35. The number of allylic oxidation sites excluding steroid dienone is 1. The molecule has 0 aliphatic heterocycles. The predicted octanol–water partition coefficient (Wildman–Crippen LogP) is 4.24.